The Bertz CT molecular complexity index is 1080. The Hall–Kier alpha value is -3.16. The zero-order chi connectivity index (χ0) is 24.1. The molecule has 2 unspecified atom stereocenters. The van der Waals surface area contributed by atoms with Crippen molar-refractivity contribution in [3.05, 3.63) is 66.1 Å². The van der Waals surface area contributed by atoms with Gasteiger partial charge >= 0.3 is 0 Å². The maximum absolute atomic E-state index is 13.7. The van der Waals surface area contributed by atoms with E-state index in [1.807, 2.05) is 30.3 Å². The molecule has 0 aliphatic carbocycles. The Morgan fingerprint density at radius 2 is 1.64 bits per heavy atom. The minimum Gasteiger partial charge on any atom is -0.397 e. The molecule has 0 fully saturated rings. The normalized spacial score (nSPS) is 13.3. The van der Waals surface area contributed by atoms with Gasteiger partial charge < -0.3 is 26.2 Å². The Balaban J connectivity index is 2.06. The molecule has 0 bridgehead atoms. The molecule has 1 aromatic heterocycles. The van der Waals surface area contributed by atoms with Crippen molar-refractivity contribution in [3.8, 4) is 22.4 Å². The highest BCUT2D eigenvalue weighted by atomic mass is 19.1. The summed E-state index contributed by atoms with van der Waals surface area (Å²) < 4.78 is 15.8. The number of rotatable bonds is 10. The fourth-order valence-corrected chi connectivity index (χ4v) is 4.34. The molecule has 0 radical (unpaired) electrons. The SMILES string of the molecule is CC(C)c1c(N)c(-c2ccccc2)c(-c2ccc(F)cc2)n1CCC(O)CC(O)CC(N)=O. The number of hydrogen-bond donors (Lipinski definition) is 4. The van der Waals surface area contributed by atoms with Gasteiger partial charge in [0, 0.05) is 17.8 Å². The predicted molar refractivity (Wildman–Crippen MR) is 129 cm³/mol. The van der Waals surface area contributed by atoms with Crippen molar-refractivity contribution in [3.63, 3.8) is 0 Å². The number of carbonyl (C=O) groups excluding carboxylic acids is 1. The largest absolute Gasteiger partial charge is 0.397 e. The van der Waals surface area contributed by atoms with Gasteiger partial charge in [-0.2, -0.15) is 0 Å². The van der Waals surface area contributed by atoms with Gasteiger partial charge in [0.25, 0.3) is 0 Å². The molecule has 0 spiro atoms. The van der Waals surface area contributed by atoms with Gasteiger partial charge in [-0.05, 0) is 54.2 Å². The fourth-order valence-electron chi connectivity index (χ4n) is 4.34. The maximum Gasteiger partial charge on any atom is 0.220 e. The van der Waals surface area contributed by atoms with E-state index in [4.69, 9.17) is 11.5 Å². The Labute approximate surface area is 193 Å². The van der Waals surface area contributed by atoms with E-state index >= 15 is 0 Å². The predicted octanol–water partition coefficient (Wildman–Crippen LogP) is 4.04. The summed E-state index contributed by atoms with van der Waals surface area (Å²) in [6, 6.07) is 16.1. The summed E-state index contributed by atoms with van der Waals surface area (Å²) in [5.74, 6) is -0.839. The molecule has 0 saturated heterocycles. The molecular formula is C26H32FN3O3. The molecule has 7 heteroatoms. The molecule has 6 nitrogen and oxygen atoms in total. The monoisotopic (exact) mass is 453 g/mol. The summed E-state index contributed by atoms with van der Waals surface area (Å²) in [6.45, 7) is 4.54. The van der Waals surface area contributed by atoms with Gasteiger partial charge in [0.2, 0.25) is 5.91 Å². The second kappa shape index (κ2) is 10.6. The molecule has 3 aromatic rings. The molecule has 1 heterocycles. The number of nitrogen functional groups attached to an aromatic ring is 1. The third kappa shape index (κ3) is 5.80. The van der Waals surface area contributed by atoms with E-state index in [2.05, 4.69) is 18.4 Å². The van der Waals surface area contributed by atoms with Gasteiger partial charge in [0.1, 0.15) is 5.82 Å². The third-order valence-electron chi connectivity index (χ3n) is 5.74. The molecule has 2 atom stereocenters. The second-order valence-electron chi connectivity index (χ2n) is 8.70. The number of nitrogens with zero attached hydrogens (tertiary/aromatic N) is 1. The second-order valence-corrected chi connectivity index (χ2v) is 8.70. The van der Waals surface area contributed by atoms with Crippen molar-refractivity contribution in [2.45, 2.75) is 57.8 Å². The molecule has 0 aliphatic rings. The average molecular weight is 454 g/mol. The molecule has 6 N–H and O–H groups in total. The quantitative estimate of drug-likeness (QED) is 0.371. The summed E-state index contributed by atoms with van der Waals surface area (Å²) in [5.41, 5.74) is 16.9. The zero-order valence-corrected chi connectivity index (χ0v) is 19.0. The van der Waals surface area contributed by atoms with Crippen LogP contribution in [-0.2, 0) is 11.3 Å². The fraction of sp³-hybridized carbons (Fsp3) is 0.346. The van der Waals surface area contributed by atoms with Crippen LogP contribution < -0.4 is 11.5 Å². The van der Waals surface area contributed by atoms with Crippen LogP contribution in [0.2, 0.25) is 0 Å². The van der Waals surface area contributed by atoms with Gasteiger partial charge in [0.05, 0.1) is 30.0 Å². The van der Waals surface area contributed by atoms with Gasteiger partial charge in [-0.1, -0.05) is 44.2 Å². The lowest BCUT2D eigenvalue weighted by atomic mass is 9.99. The number of primary amides is 1. The number of anilines is 1. The molecule has 176 valence electrons. The minimum atomic E-state index is -0.992. The summed E-state index contributed by atoms with van der Waals surface area (Å²) in [5, 5.41) is 20.5. The van der Waals surface area contributed by atoms with Crippen molar-refractivity contribution in [1.29, 1.82) is 0 Å². The Morgan fingerprint density at radius 3 is 2.21 bits per heavy atom. The lowest BCUT2D eigenvalue weighted by molar-refractivity contribution is -0.120. The molecule has 1 amide bonds. The molecular weight excluding hydrogens is 421 g/mol. The van der Waals surface area contributed by atoms with Crippen LogP contribution in [0.3, 0.4) is 0 Å². The number of amides is 1. The summed E-state index contributed by atoms with van der Waals surface area (Å²) in [4.78, 5) is 11.0. The van der Waals surface area contributed by atoms with Gasteiger partial charge in [0.15, 0.2) is 0 Å². The van der Waals surface area contributed by atoms with Gasteiger partial charge in [-0.15, -0.1) is 0 Å². The van der Waals surface area contributed by atoms with Crippen LogP contribution in [0, 0.1) is 5.82 Å². The third-order valence-corrected chi connectivity index (χ3v) is 5.74. The first-order valence-corrected chi connectivity index (χ1v) is 11.2. The topological polar surface area (TPSA) is 114 Å². The van der Waals surface area contributed by atoms with Crippen LogP contribution in [0.5, 0.6) is 0 Å². The van der Waals surface area contributed by atoms with Crippen molar-refractivity contribution >= 4 is 11.6 Å². The van der Waals surface area contributed by atoms with Crippen LogP contribution >= 0.6 is 0 Å². The van der Waals surface area contributed by atoms with E-state index in [-0.39, 0.29) is 24.6 Å². The number of benzene rings is 2. The van der Waals surface area contributed by atoms with E-state index in [9.17, 15) is 19.4 Å². The van der Waals surface area contributed by atoms with E-state index in [0.717, 1.165) is 28.1 Å². The first-order valence-electron chi connectivity index (χ1n) is 11.2. The van der Waals surface area contributed by atoms with E-state index in [0.29, 0.717) is 18.7 Å². The number of aliphatic hydroxyl groups excluding tert-OH is 2. The number of halogens is 1. The summed E-state index contributed by atoms with van der Waals surface area (Å²) in [7, 11) is 0. The first-order chi connectivity index (χ1) is 15.7. The lowest BCUT2D eigenvalue weighted by Crippen LogP contribution is -2.25. The van der Waals surface area contributed by atoms with Crippen LogP contribution in [0.4, 0.5) is 10.1 Å². The van der Waals surface area contributed by atoms with E-state index in [1.54, 1.807) is 12.1 Å². The summed E-state index contributed by atoms with van der Waals surface area (Å²) in [6.07, 6.45) is -1.62. The van der Waals surface area contributed by atoms with Crippen LogP contribution in [0.25, 0.3) is 22.4 Å². The zero-order valence-electron chi connectivity index (χ0n) is 19.0. The molecule has 2 aromatic carbocycles. The number of nitrogens with two attached hydrogens (primary N) is 2. The average Bonchev–Trinajstić information content (AvgIpc) is 3.05. The molecule has 3 rings (SSSR count). The summed E-state index contributed by atoms with van der Waals surface area (Å²) >= 11 is 0. The first kappa shape index (κ1) is 24.5. The standard InChI is InChI=1S/C26H32FN3O3/c1-16(2)25-24(29)23(17-6-4-3-5-7-17)26(18-8-10-19(27)11-9-18)30(25)13-12-20(31)14-21(32)15-22(28)33/h3-11,16,20-21,31-32H,12-15,29H2,1-2H3,(H2,28,33). The smallest absolute Gasteiger partial charge is 0.220 e. The van der Waals surface area contributed by atoms with E-state index in [1.165, 1.54) is 12.1 Å². The molecule has 0 aliphatic heterocycles. The lowest BCUT2D eigenvalue weighted by Gasteiger charge is -2.20. The van der Waals surface area contributed by atoms with E-state index < -0.39 is 18.1 Å². The van der Waals surface area contributed by atoms with Crippen LogP contribution in [0.15, 0.2) is 54.6 Å². The van der Waals surface area contributed by atoms with Crippen molar-refractivity contribution in [2.24, 2.45) is 5.73 Å². The van der Waals surface area contributed by atoms with Gasteiger partial charge in [-0.25, -0.2) is 4.39 Å². The Morgan fingerprint density at radius 1 is 1.00 bits per heavy atom. The highest BCUT2D eigenvalue weighted by Gasteiger charge is 2.25. The number of carbonyl (C=O) groups is 1. The highest BCUT2D eigenvalue weighted by Crippen LogP contribution is 2.43. The van der Waals surface area contributed by atoms with Crippen LogP contribution in [0.1, 0.15) is 44.7 Å². The number of hydrogen-bond acceptors (Lipinski definition) is 4. The number of aliphatic hydroxyl groups is 2. The Kier molecular flexibility index (Phi) is 7.89. The maximum atomic E-state index is 13.7. The van der Waals surface area contributed by atoms with Crippen molar-refractivity contribution in [2.75, 3.05) is 5.73 Å². The highest BCUT2D eigenvalue weighted by molar-refractivity contribution is 5.92. The number of aromatic nitrogens is 1. The molecule has 33 heavy (non-hydrogen) atoms. The van der Waals surface area contributed by atoms with Gasteiger partial charge in [-0.3, -0.25) is 4.79 Å². The van der Waals surface area contributed by atoms with Crippen LogP contribution in [-0.4, -0.2) is 32.9 Å². The van der Waals surface area contributed by atoms with Crippen molar-refractivity contribution in [1.82, 2.24) is 4.57 Å². The minimum absolute atomic E-state index is 0.0497. The molecule has 0 saturated carbocycles. The van der Waals surface area contributed by atoms with Crippen molar-refractivity contribution < 1.29 is 19.4 Å².